The molecule has 4 aromatic rings. The molecule has 0 bridgehead atoms. The molecule has 5 rings (SSSR count). The monoisotopic (exact) mass is 749 g/mol. The third kappa shape index (κ3) is 9.10. The molecule has 1 atom stereocenters. The lowest BCUT2D eigenvalue weighted by atomic mass is 10.0. The van der Waals surface area contributed by atoms with Crippen LogP contribution < -0.4 is 28.6 Å². The average molecular weight is 750 g/mol. The average Bonchev–Trinajstić information content (AvgIpc) is 3.67. The number of methoxy groups -OCH3 is 4. The van der Waals surface area contributed by atoms with Crippen molar-refractivity contribution >= 4 is 39.1 Å². The van der Waals surface area contributed by atoms with E-state index in [0.29, 0.717) is 22.1 Å². The number of ether oxygens (including phenoxy) is 4. The Balaban J connectivity index is 1.64. The van der Waals surface area contributed by atoms with Crippen LogP contribution in [-0.2, 0) is 32.6 Å². The predicted molar refractivity (Wildman–Crippen MR) is 200 cm³/mol. The first-order chi connectivity index (χ1) is 25.1. The summed E-state index contributed by atoms with van der Waals surface area (Å²) in [5.41, 5.74) is 1.56. The van der Waals surface area contributed by atoms with Crippen LogP contribution in [0.5, 0.6) is 23.0 Å². The van der Waals surface area contributed by atoms with E-state index >= 15 is 0 Å². The van der Waals surface area contributed by atoms with Crippen LogP contribution in [0.4, 0.5) is 5.69 Å². The summed E-state index contributed by atoms with van der Waals surface area (Å²) in [6, 6.07) is 24.3. The van der Waals surface area contributed by atoms with E-state index in [1.165, 1.54) is 57.6 Å². The molecular formula is C39H44ClN3O8S. The Morgan fingerprint density at radius 2 is 1.46 bits per heavy atom. The van der Waals surface area contributed by atoms with Crippen LogP contribution in [0.1, 0.15) is 36.8 Å². The maximum absolute atomic E-state index is 14.9. The van der Waals surface area contributed by atoms with Gasteiger partial charge in [0.2, 0.25) is 11.8 Å². The lowest BCUT2D eigenvalue weighted by Crippen LogP contribution is -2.54. The topological polar surface area (TPSA) is 124 Å². The maximum atomic E-state index is 14.9. The zero-order valence-corrected chi connectivity index (χ0v) is 31.3. The number of rotatable bonds is 16. The molecule has 0 heterocycles. The summed E-state index contributed by atoms with van der Waals surface area (Å²) in [7, 11) is 1.20. The van der Waals surface area contributed by atoms with Crippen LogP contribution in [0.3, 0.4) is 0 Å². The fraction of sp³-hybridized carbons (Fsp3) is 0.333. The molecule has 1 saturated carbocycles. The quantitative estimate of drug-likeness (QED) is 0.142. The Bertz CT molecular complexity index is 1950. The molecule has 276 valence electrons. The largest absolute Gasteiger partial charge is 0.497 e. The lowest BCUT2D eigenvalue weighted by molar-refractivity contribution is -0.140. The molecule has 0 unspecified atom stereocenters. The number of benzene rings is 4. The Morgan fingerprint density at radius 1 is 0.788 bits per heavy atom. The molecule has 1 N–H and O–H groups in total. The number of anilines is 1. The van der Waals surface area contributed by atoms with E-state index in [0.717, 1.165) is 35.6 Å². The molecule has 0 aromatic heterocycles. The predicted octanol–water partition coefficient (Wildman–Crippen LogP) is 6.27. The number of hydrogen-bond acceptors (Lipinski definition) is 8. The summed E-state index contributed by atoms with van der Waals surface area (Å²) in [6.07, 6.45) is 3.89. The Hall–Kier alpha value is -4.94. The maximum Gasteiger partial charge on any atom is 0.265 e. The number of nitrogens with one attached hydrogen (secondary N) is 1. The SMILES string of the molecule is COc1ccc(OC)c(N(CC(=O)N(Cc2cccc(Cl)c2)[C@H](Cc2ccccc2)C(=O)NC2CCCC2)S(=O)(=O)c2ccc(OC)c(OC)c2)c1. The number of carbonyl (C=O) groups excluding carboxylic acids is 2. The van der Waals surface area contributed by atoms with Crippen LogP contribution in [-0.4, -0.2) is 72.2 Å². The van der Waals surface area contributed by atoms with Gasteiger partial charge in [0.1, 0.15) is 24.1 Å². The van der Waals surface area contributed by atoms with Crippen LogP contribution in [0.2, 0.25) is 5.02 Å². The molecule has 1 fully saturated rings. The van der Waals surface area contributed by atoms with Crippen LogP contribution in [0.25, 0.3) is 0 Å². The molecule has 1 aliphatic rings. The van der Waals surface area contributed by atoms with E-state index in [4.69, 9.17) is 30.5 Å². The third-order valence-corrected chi connectivity index (χ3v) is 11.1. The van der Waals surface area contributed by atoms with Gasteiger partial charge >= 0.3 is 0 Å². The van der Waals surface area contributed by atoms with E-state index in [2.05, 4.69) is 5.32 Å². The highest BCUT2D eigenvalue weighted by Crippen LogP contribution is 2.38. The van der Waals surface area contributed by atoms with Gasteiger partial charge in [0, 0.05) is 36.2 Å². The highest BCUT2D eigenvalue weighted by molar-refractivity contribution is 7.92. The second-order valence-corrected chi connectivity index (χ2v) is 14.7. The molecule has 2 amide bonds. The highest BCUT2D eigenvalue weighted by atomic mass is 35.5. The van der Waals surface area contributed by atoms with E-state index in [1.54, 1.807) is 30.3 Å². The van der Waals surface area contributed by atoms with Gasteiger partial charge in [-0.25, -0.2) is 8.42 Å². The highest BCUT2D eigenvalue weighted by Gasteiger charge is 2.37. The van der Waals surface area contributed by atoms with Gasteiger partial charge in [-0.1, -0.05) is 66.9 Å². The van der Waals surface area contributed by atoms with Crippen molar-refractivity contribution in [2.75, 3.05) is 39.3 Å². The van der Waals surface area contributed by atoms with Crippen molar-refractivity contribution < 1.29 is 37.0 Å². The summed E-state index contributed by atoms with van der Waals surface area (Å²) in [5, 5.41) is 3.63. The molecule has 0 spiro atoms. The van der Waals surface area contributed by atoms with Crippen molar-refractivity contribution in [1.82, 2.24) is 10.2 Å². The van der Waals surface area contributed by atoms with E-state index in [9.17, 15) is 18.0 Å². The van der Waals surface area contributed by atoms with Gasteiger partial charge in [0.15, 0.2) is 11.5 Å². The van der Waals surface area contributed by atoms with E-state index in [-0.39, 0.29) is 47.0 Å². The minimum absolute atomic E-state index is 0.0168. The molecule has 52 heavy (non-hydrogen) atoms. The summed E-state index contributed by atoms with van der Waals surface area (Å²) < 4.78 is 52.2. The summed E-state index contributed by atoms with van der Waals surface area (Å²) >= 11 is 6.38. The van der Waals surface area contributed by atoms with Crippen LogP contribution in [0, 0.1) is 0 Å². The van der Waals surface area contributed by atoms with E-state index in [1.807, 2.05) is 36.4 Å². The molecule has 1 aliphatic carbocycles. The number of carbonyl (C=O) groups is 2. The molecule has 0 aliphatic heterocycles. The smallest absolute Gasteiger partial charge is 0.265 e. The first kappa shape index (κ1) is 38.3. The number of hydrogen-bond donors (Lipinski definition) is 1. The summed E-state index contributed by atoms with van der Waals surface area (Å²) in [6.45, 7) is -0.711. The minimum Gasteiger partial charge on any atom is -0.497 e. The van der Waals surface area contributed by atoms with Crippen molar-refractivity contribution in [1.29, 1.82) is 0 Å². The molecular weight excluding hydrogens is 706 g/mol. The minimum atomic E-state index is -4.51. The Labute approximate surface area is 310 Å². The van der Waals surface area contributed by atoms with Crippen molar-refractivity contribution in [3.05, 3.63) is 107 Å². The number of halogens is 1. The second kappa shape index (κ2) is 17.5. The Kier molecular flexibility index (Phi) is 12.9. The summed E-state index contributed by atoms with van der Waals surface area (Å²) in [5.74, 6) is 0.0772. The van der Waals surface area contributed by atoms with E-state index < -0.39 is 28.5 Å². The van der Waals surface area contributed by atoms with Gasteiger partial charge in [-0.2, -0.15) is 0 Å². The van der Waals surface area contributed by atoms with Crippen molar-refractivity contribution in [3.8, 4) is 23.0 Å². The standard InChI is InChI=1S/C39H44ClN3O8S/c1-48-31-17-19-35(49-2)33(23-31)43(52(46,47)32-18-20-36(50-3)37(24-32)51-4)26-38(44)42(25-28-13-10-14-29(40)21-28)34(22-27-11-6-5-7-12-27)39(45)41-30-15-8-9-16-30/h5-7,10-14,17-21,23-24,30,34H,8-9,15-16,22,25-26H2,1-4H3,(H,41,45)/t34-/m1/s1. The first-order valence-corrected chi connectivity index (χ1v) is 18.7. The zero-order valence-electron chi connectivity index (χ0n) is 29.7. The number of sulfonamides is 1. The fourth-order valence-corrected chi connectivity index (χ4v) is 8.01. The Morgan fingerprint density at radius 3 is 2.12 bits per heavy atom. The van der Waals surface area contributed by atoms with Crippen molar-refractivity contribution in [2.45, 2.75) is 55.6 Å². The van der Waals surface area contributed by atoms with Crippen LogP contribution >= 0.6 is 11.6 Å². The first-order valence-electron chi connectivity index (χ1n) is 16.9. The van der Waals surface area contributed by atoms with Gasteiger partial charge in [-0.15, -0.1) is 0 Å². The normalized spacial score (nSPS) is 13.6. The summed E-state index contributed by atoms with van der Waals surface area (Å²) in [4.78, 5) is 30.5. The van der Waals surface area contributed by atoms with Crippen molar-refractivity contribution in [2.24, 2.45) is 0 Å². The molecule has 0 radical (unpaired) electrons. The van der Waals surface area contributed by atoms with Gasteiger partial charge in [-0.3, -0.25) is 13.9 Å². The lowest BCUT2D eigenvalue weighted by Gasteiger charge is -2.34. The molecule has 4 aromatic carbocycles. The van der Waals surface area contributed by atoms with Gasteiger partial charge in [0.25, 0.3) is 10.0 Å². The molecule has 13 heteroatoms. The molecule has 11 nitrogen and oxygen atoms in total. The van der Waals surface area contributed by atoms with Gasteiger partial charge in [-0.05, 0) is 60.4 Å². The van der Waals surface area contributed by atoms with Gasteiger partial charge < -0.3 is 29.2 Å². The zero-order chi connectivity index (χ0) is 37.3. The number of amides is 2. The second-order valence-electron chi connectivity index (χ2n) is 12.4. The van der Waals surface area contributed by atoms with Crippen molar-refractivity contribution in [3.63, 3.8) is 0 Å². The number of nitrogens with zero attached hydrogens (tertiary/aromatic N) is 2. The van der Waals surface area contributed by atoms with Crippen LogP contribution in [0.15, 0.2) is 95.9 Å². The molecule has 0 saturated heterocycles. The third-order valence-electron chi connectivity index (χ3n) is 9.09. The van der Waals surface area contributed by atoms with Gasteiger partial charge in [0.05, 0.1) is 39.0 Å². The fourth-order valence-electron chi connectivity index (χ4n) is 6.36.